The van der Waals surface area contributed by atoms with Crippen molar-refractivity contribution < 1.29 is 0 Å². The number of aromatic nitrogens is 1. The minimum absolute atomic E-state index is 0.942. The van der Waals surface area contributed by atoms with Gasteiger partial charge in [-0.1, -0.05) is 24.3 Å². The van der Waals surface area contributed by atoms with Crippen LogP contribution in [-0.2, 0) is 6.42 Å². The summed E-state index contributed by atoms with van der Waals surface area (Å²) in [6.07, 6.45) is 4.73. The van der Waals surface area contributed by atoms with Crippen LogP contribution in [0.1, 0.15) is 16.7 Å². The molecule has 17 heavy (non-hydrogen) atoms. The maximum atomic E-state index is 4.12. The highest BCUT2D eigenvalue weighted by Gasteiger charge is 2.00. The van der Waals surface area contributed by atoms with Gasteiger partial charge in [0.15, 0.2) is 0 Å². The van der Waals surface area contributed by atoms with Crippen LogP contribution in [0.4, 0.5) is 5.69 Å². The second-order valence-corrected chi connectivity index (χ2v) is 4.30. The van der Waals surface area contributed by atoms with E-state index in [9.17, 15) is 0 Å². The van der Waals surface area contributed by atoms with Gasteiger partial charge in [-0.15, -0.1) is 0 Å². The molecule has 0 atom stereocenters. The fraction of sp³-hybridized carbons (Fsp3) is 0.267. The van der Waals surface area contributed by atoms with Gasteiger partial charge in [0.1, 0.15) is 0 Å². The Morgan fingerprint density at radius 3 is 2.47 bits per heavy atom. The molecule has 0 aliphatic carbocycles. The molecule has 0 aliphatic heterocycles. The standard InChI is InChI=1S/C15H18N2/c1-12-5-3-6-13(2)15(12)17-10-8-14-7-4-9-16-11-14/h3-7,9,11,17H,8,10H2,1-2H3. The van der Waals surface area contributed by atoms with Crippen LogP contribution in [0, 0.1) is 13.8 Å². The molecule has 2 aromatic rings. The van der Waals surface area contributed by atoms with Gasteiger partial charge >= 0.3 is 0 Å². The lowest BCUT2D eigenvalue weighted by Crippen LogP contribution is -2.07. The molecule has 1 aromatic carbocycles. The van der Waals surface area contributed by atoms with Crippen molar-refractivity contribution in [2.75, 3.05) is 11.9 Å². The minimum Gasteiger partial charge on any atom is -0.384 e. The average Bonchev–Trinajstić information content (AvgIpc) is 2.34. The van der Waals surface area contributed by atoms with E-state index in [4.69, 9.17) is 0 Å². The molecule has 0 unspecified atom stereocenters. The fourth-order valence-electron chi connectivity index (χ4n) is 1.97. The molecular weight excluding hydrogens is 208 g/mol. The van der Waals surface area contributed by atoms with E-state index in [2.05, 4.69) is 48.4 Å². The summed E-state index contributed by atoms with van der Waals surface area (Å²) in [6.45, 7) is 5.22. The molecule has 0 radical (unpaired) electrons. The van der Waals surface area contributed by atoms with Crippen molar-refractivity contribution in [3.05, 3.63) is 59.4 Å². The molecule has 0 bridgehead atoms. The molecular formula is C15H18N2. The highest BCUT2D eigenvalue weighted by molar-refractivity contribution is 5.56. The third-order valence-electron chi connectivity index (χ3n) is 2.92. The van der Waals surface area contributed by atoms with E-state index in [1.165, 1.54) is 22.4 Å². The number of hydrogen-bond donors (Lipinski definition) is 1. The van der Waals surface area contributed by atoms with Gasteiger partial charge in [0, 0.05) is 24.6 Å². The number of hydrogen-bond acceptors (Lipinski definition) is 2. The maximum Gasteiger partial charge on any atom is 0.0399 e. The lowest BCUT2D eigenvalue weighted by Gasteiger charge is -2.12. The number of pyridine rings is 1. The Hall–Kier alpha value is -1.83. The van der Waals surface area contributed by atoms with Crippen LogP contribution in [0.15, 0.2) is 42.7 Å². The van der Waals surface area contributed by atoms with Crippen LogP contribution in [0.5, 0.6) is 0 Å². The zero-order chi connectivity index (χ0) is 12.1. The summed E-state index contributed by atoms with van der Waals surface area (Å²) in [6, 6.07) is 10.5. The molecule has 2 rings (SSSR count). The van der Waals surface area contributed by atoms with Crippen LogP contribution >= 0.6 is 0 Å². The van der Waals surface area contributed by atoms with Gasteiger partial charge in [-0.3, -0.25) is 4.98 Å². The van der Waals surface area contributed by atoms with Crippen molar-refractivity contribution in [3.63, 3.8) is 0 Å². The first-order valence-corrected chi connectivity index (χ1v) is 5.96. The van der Waals surface area contributed by atoms with Crippen LogP contribution < -0.4 is 5.32 Å². The lowest BCUT2D eigenvalue weighted by atomic mass is 10.1. The number of rotatable bonds is 4. The minimum atomic E-state index is 0.942. The van der Waals surface area contributed by atoms with E-state index in [0.717, 1.165) is 13.0 Å². The molecule has 88 valence electrons. The van der Waals surface area contributed by atoms with Crippen LogP contribution in [-0.4, -0.2) is 11.5 Å². The van der Waals surface area contributed by atoms with Crippen molar-refractivity contribution >= 4 is 5.69 Å². The third kappa shape index (κ3) is 3.06. The van der Waals surface area contributed by atoms with E-state index in [0.29, 0.717) is 0 Å². The molecule has 2 nitrogen and oxygen atoms in total. The maximum absolute atomic E-state index is 4.12. The molecule has 2 heteroatoms. The Labute approximate surface area is 103 Å². The SMILES string of the molecule is Cc1cccc(C)c1NCCc1cccnc1. The highest BCUT2D eigenvalue weighted by atomic mass is 14.9. The van der Waals surface area contributed by atoms with Crippen molar-refractivity contribution in [1.29, 1.82) is 0 Å². The van der Waals surface area contributed by atoms with Gasteiger partial charge in [-0.05, 0) is 43.0 Å². The van der Waals surface area contributed by atoms with Crippen LogP contribution in [0.3, 0.4) is 0 Å². The first-order valence-electron chi connectivity index (χ1n) is 5.96. The number of anilines is 1. The molecule has 0 amide bonds. The zero-order valence-electron chi connectivity index (χ0n) is 10.4. The Bertz CT molecular complexity index is 457. The Kier molecular flexibility index (Phi) is 3.76. The predicted octanol–water partition coefficient (Wildman–Crippen LogP) is 3.35. The normalized spacial score (nSPS) is 10.2. The molecule has 1 heterocycles. The Morgan fingerprint density at radius 2 is 1.82 bits per heavy atom. The number of aryl methyl sites for hydroxylation is 2. The monoisotopic (exact) mass is 226 g/mol. The van der Waals surface area contributed by atoms with Gasteiger partial charge in [0.2, 0.25) is 0 Å². The molecule has 0 fully saturated rings. The first kappa shape index (κ1) is 11.6. The van der Waals surface area contributed by atoms with Gasteiger partial charge in [-0.25, -0.2) is 0 Å². The topological polar surface area (TPSA) is 24.9 Å². The second kappa shape index (κ2) is 5.48. The van der Waals surface area contributed by atoms with Crippen molar-refractivity contribution in [2.24, 2.45) is 0 Å². The summed E-state index contributed by atoms with van der Waals surface area (Å²) in [5.74, 6) is 0. The van der Waals surface area contributed by atoms with E-state index < -0.39 is 0 Å². The smallest absolute Gasteiger partial charge is 0.0399 e. The predicted molar refractivity (Wildman–Crippen MR) is 72.3 cm³/mol. The van der Waals surface area contributed by atoms with E-state index in [1.54, 1.807) is 0 Å². The molecule has 0 saturated carbocycles. The highest BCUT2D eigenvalue weighted by Crippen LogP contribution is 2.19. The summed E-state index contributed by atoms with van der Waals surface area (Å²) < 4.78 is 0. The summed E-state index contributed by atoms with van der Waals surface area (Å²) in [4.78, 5) is 4.12. The molecule has 1 N–H and O–H groups in total. The Balaban J connectivity index is 1.95. The second-order valence-electron chi connectivity index (χ2n) is 4.30. The van der Waals surface area contributed by atoms with E-state index >= 15 is 0 Å². The largest absolute Gasteiger partial charge is 0.384 e. The number of nitrogens with one attached hydrogen (secondary N) is 1. The van der Waals surface area contributed by atoms with Crippen molar-refractivity contribution in [1.82, 2.24) is 4.98 Å². The van der Waals surface area contributed by atoms with E-state index in [-0.39, 0.29) is 0 Å². The molecule has 0 aliphatic rings. The average molecular weight is 226 g/mol. The van der Waals surface area contributed by atoms with Crippen molar-refractivity contribution in [3.8, 4) is 0 Å². The summed E-state index contributed by atoms with van der Waals surface area (Å²) in [5, 5.41) is 3.50. The number of benzene rings is 1. The van der Waals surface area contributed by atoms with Gasteiger partial charge in [0.05, 0.1) is 0 Å². The fourth-order valence-corrected chi connectivity index (χ4v) is 1.97. The molecule has 1 aromatic heterocycles. The molecule has 0 saturated heterocycles. The number of nitrogens with zero attached hydrogens (tertiary/aromatic N) is 1. The van der Waals surface area contributed by atoms with Crippen LogP contribution in [0.2, 0.25) is 0 Å². The van der Waals surface area contributed by atoms with Crippen LogP contribution in [0.25, 0.3) is 0 Å². The van der Waals surface area contributed by atoms with E-state index in [1.807, 2.05) is 18.5 Å². The first-order chi connectivity index (χ1) is 8.27. The third-order valence-corrected chi connectivity index (χ3v) is 2.92. The summed E-state index contributed by atoms with van der Waals surface area (Å²) >= 11 is 0. The molecule has 0 spiro atoms. The quantitative estimate of drug-likeness (QED) is 0.864. The Morgan fingerprint density at radius 1 is 1.06 bits per heavy atom. The lowest BCUT2D eigenvalue weighted by molar-refractivity contribution is 1.000. The van der Waals surface area contributed by atoms with Gasteiger partial charge in [0.25, 0.3) is 0 Å². The zero-order valence-corrected chi connectivity index (χ0v) is 10.4. The van der Waals surface area contributed by atoms with Crippen molar-refractivity contribution in [2.45, 2.75) is 20.3 Å². The number of para-hydroxylation sites is 1. The summed E-state index contributed by atoms with van der Waals surface area (Å²) in [5.41, 5.74) is 5.13. The van der Waals surface area contributed by atoms with Gasteiger partial charge in [-0.2, -0.15) is 0 Å². The summed E-state index contributed by atoms with van der Waals surface area (Å²) in [7, 11) is 0. The van der Waals surface area contributed by atoms with Gasteiger partial charge < -0.3 is 5.32 Å².